The molecular weight excluding hydrogens is 264 g/mol. The molecule has 0 saturated heterocycles. The summed E-state index contributed by atoms with van der Waals surface area (Å²) in [7, 11) is 1.58. The molecule has 7 heteroatoms. The van der Waals surface area contributed by atoms with Crippen molar-refractivity contribution in [3.8, 4) is 0 Å². The third-order valence-corrected chi connectivity index (χ3v) is 2.89. The van der Waals surface area contributed by atoms with Gasteiger partial charge in [-0.3, -0.25) is 14.3 Å². The summed E-state index contributed by atoms with van der Waals surface area (Å²) in [4.78, 5) is 27.9. The van der Waals surface area contributed by atoms with Gasteiger partial charge in [0.25, 0.3) is 5.56 Å². The molecule has 2 N–H and O–H groups in total. The van der Waals surface area contributed by atoms with Crippen LogP contribution in [0.2, 0.25) is 0 Å². The van der Waals surface area contributed by atoms with Crippen molar-refractivity contribution in [2.75, 3.05) is 0 Å². The molecule has 2 rings (SSSR count). The van der Waals surface area contributed by atoms with Gasteiger partial charge in [-0.15, -0.1) is 0 Å². The molecule has 0 fully saturated rings. The molecule has 6 nitrogen and oxygen atoms in total. The fourth-order valence-electron chi connectivity index (χ4n) is 1.72. The van der Waals surface area contributed by atoms with E-state index < -0.39 is 5.69 Å². The second-order valence-corrected chi connectivity index (χ2v) is 4.45. The average Bonchev–Trinajstić information content (AvgIpc) is 2.39. The fourth-order valence-corrected chi connectivity index (χ4v) is 1.90. The quantitative estimate of drug-likeness (QED) is 0.773. The van der Waals surface area contributed by atoms with Crippen molar-refractivity contribution in [1.82, 2.24) is 14.1 Å². The van der Waals surface area contributed by atoms with Crippen LogP contribution in [0.1, 0.15) is 11.3 Å². The summed E-state index contributed by atoms with van der Waals surface area (Å²) in [6.45, 7) is 0.0901. The van der Waals surface area contributed by atoms with Gasteiger partial charge >= 0.3 is 5.69 Å². The number of aryl methyl sites for hydroxylation is 1. The van der Waals surface area contributed by atoms with Gasteiger partial charge in [-0.2, -0.15) is 0 Å². The predicted molar refractivity (Wildman–Crippen MR) is 75.2 cm³/mol. The highest BCUT2D eigenvalue weighted by molar-refractivity contribution is 7.80. The van der Waals surface area contributed by atoms with E-state index in [1.54, 1.807) is 25.4 Å². The smallest absolute Gasteiger partial charge is 0.331 e. The summed E-state index contributed by atoms with van der Waals surface area (Å²) in [5.41, 5.74) is 5.87. The molecule has 0 aliphatic rings. The Morgan fingerprint density at radius 2 is 2.16 bits per heavy atom. The number of rotatable bonds is 3. The lowest BCUT2D eigenvalue weighted by molar-refractivity contribution is 0.638. The Labute approximate surface area is 114 Å². The molecule has 0 spiro atoms. The van der Waals surface area contributed by atoms with Crippen LogP contribution in [-0.2, 0) is 13.6 Å². The maximum absolute atomic E-state index is 11.9. The van der Waals surface area contributed by atoms with Gasteiger partial charge in [0.1, 0.15) is 10.7 Å². The zero-order chi connectivity index (χ0) is 14.0. The first-order chi connectivity index (χ1) is 9.00. The van der Waals surface area contributed by atoms with Crippen molar-refractivity contribution in [2.24, 2.45) is 12.8 Å². The van der Waals surface area contributed by atoms with Crippen molar-refractivity contribution in [3.05, 3.63) is 62.7 Å². The first-order valence-electron chi connectivity index (χ1n) is 5.51. The largest absolute Gasteiger partial charge is 0.388 e. The molecule has 2 heterocycles. The lowest BCUT2D eigenvalue weighted by Gasteiger charge is -2.09. The Balaban J connectivity index is 2.54. The van der Waals surface area contributed by atoms with Crippen molar-refractivity contribution in [1.29, 1.82) is 0 Å². The number of aromatic nitrogens is 3. The summed E-state index contributed by atoms with van der Waals surface area (Å²) < 4.78 is 2.44. The minimum Gasteiger partial charge on any atom is -0.388 e. The third-order valence-electron chi connectivity index (χ3n) is 2.69. The molecule has 0 aromatic carbocycles. The number of nitrogens with two attached hydrogens (primary N) is 1. The van der Waals surface area contributed by atoms with E-state index in [2.05, 4.69) is 4.98 Å². The first kappa shape index (κ1) is 13.2. The number of hydrogen-bond acceptors (Lipinski definition) is 4. The molecule has 19 heavy (non-hydrogen) atoms. The zero-order valence-corrected chi connectivity index (χ0v) is 11.1. The van der Waals surface area contributed by atoms with Crippen molar-refractivity contribution in [2.45, 2.75) is 6.54 Å². The van der Waals surface area contributed by atoms with Crippen LogP contribution in [0.4, 0.5) is 0 Å². The predicted octanol–water partition coefficient (Wildman–Crippen LogP) is -0.376. The van der Waals surface area contributed by atoms with Gasteiger partial charge in [-0.1, -0.05) is 18.3 Å². The van der Waals surface area contributed by atoms with Crippen LogP contribution in [0.3, 0.4) is 0 Å². The van der Waals surface area contributed by atoms with Crippen LogP contribution in [0.5, 0.6) is 0 Å². The maximum atomic E-state index is 11.9. The van der Waals surface area contributed by atoms with Crippen LogP contribution in [-0.4, -0.2) is 19.1 Å². The van der Waals surface area contributed by atoms with Crippen molar-refractivity contribution >= 4 is 17.2 Å². The van der Waals surface area contributed by atoms with E-state index in [1.807, 2.05) is 0 Å². The summed E-state index contributed by atoms with van der Waals surface area (Å²) in [6, 6.07) is 4.77. The molecule has 0 radical (unpaired) electrons. The molecule has 98 valence electrons. The van der Waals surface area contributed by atoms with Gasteiger partial charge in [0, 0.05) is 31.1 Å². The Morgan fingerprint density at radius 1 is 1.42 bits per heavy atom. The number of hydrogen-bond donors (Lipinski definition) is 1. The Morgan fingerprint density at radius 3 is 2.84 bits per heavy atom. The van der Waals surface area contributed by atoms with Gasteiger partial charge in [-0.25, -0.2) is 4.79 Å². The van der Waals surface area contributed by atoms with Gasteiger partial charge in [0.05, 0.1) is 6.54 Å². The van der Waals surface area contributed by atoms with E-state index in [4.69, 9.17) is 18.0 Å². The summed E-state index contributed by atoms with van der Waals surface area (Å²) >= 11 is 4.90. The van der Waals surface area contributed by atoms with E-state index in [0.717, 1.165) is 4.57 Å². The highest BCUT2D eigenvalue weighted by atomic mass is 32.1. The van der Waals surface area contributed by atoms with Crippen molar-refractivity contribution < 1.29 is 0 Å². The van der Waals surface area contributed by atoms with Crippen LogP contribution < -0.4 is 17.0 Å². The normalized spacial score (nSPS) is 10.4. The molecule has 0 saturated carbocycles. The molecule has 0 bridgehead atoms. The molecule has 0 aliphatic heterocycles. The number of thiocarbonyl (C=S) groups is 1. The fraction of sp³-hybridized carbons (Fsp3) is 0.167. The lowest BCUT2D eigenvalue weighted by Crippen LogP contribution is -2.38. The van der Waals surface area contributed by atoms with Gasteiger partial charge in [0.2, 0.25) is 0 Å². The zero-order valence-electron chi connectivity index (χ0n) is 10.2. The van der Waals surface area contributed by atoms with Gasteiger partial charge < -0.3 is 10.3 Å². The topological polar surface area (TPSA) is 82.9 Å². The Bertz CT molecular complexity index is 748. The molecule has 0 unspecified atom stereocenters. The van der Waals surface area contributed by atoms with E-state index in [-0.39, 0.29) is 17.1 Å². The average molecular weight is 276 g/mol. The lowest BCUT2D eigenvalue weighted by atomic mass is 10.2. The minimum absolute atomic E-state index is 0.0901. The van der Waals surface area contributed by atoms with Crippen LogP contribution in [0.25, 0.3) is 0 Å². The third kappa shape index (κ3) is 2.60. The van der Waals surface area contributed by atoms with Crippen LogP contribution in [0, 0.1) is 0 Å². The highest BCUT2D eigenvalue weighted by Gasteiger charge is 2.10. The molecule has 0 aliphatic carbocycles. The molecule has 0 amide bonds. The van der Waals surface area contributed by atoms with Crippen LogP contribution in [0.15, 0.2) is 40.2 Å². The van der Waals surface area contributed by atoms with Gasteiger partial charge in [0.15, 0.2) is 0 Å². The first-order valence-corrected chi connectivity index (χ1v) is 5.91. The molecule has 2 aromatic rings. The maximum Gasteiger partial charge on any atom is 0.331 e. The summed E-state index contributed by atoms with van der Waals surface area (Å²) in [6.07, 6.45) is 2.99. The molecule has 2 aromatic heterocycles. The van der Waals surface area contributed by atoms with Gasteiger partial charge in [-0.05, 0) is 6.07 Å². The second-order valence-electron chi connectivity index (χ2n) is 4.01. The molecule has 0 atom stereocenters. The second kappa shape index (κ2) is 5.15. The van der Waals surface area contributed by atoms with E-state index >= 15 is 0 Å². The van der Waals surface area contributed by atoms with E-state index in [9.17, 15) is 9.59 Å². The minimum atomic E-state index is -0.398. The summed E-state index contributed by atoms with van der Waals surface area (Å²) in [5.74, 6) is 0. The number of pyridine rings is 1. The monoisotopic (exact) mass is 276 g/mol. The van der Waals surface area contributed by atoms with E-state index in [0.29, 0.717) is 11.3 Å². The van der Waals surface area contributed by atoms with E-state index in [1.165, 1.54) is 16.8 Å². The number of nitrogens with zero attached hydrogens (tertiary/aromatic N) is 3. The summed E-state index contributed by atoms with van der Waals surface area (Å²) in [5, 5.41) is 0. The molecular formula is C12H12N4O2S. The Kier molecular flexibility index (Phi) is 3.57. The Hall–Kier alpha value is -2.28. The highest BCUT2D eigenvalue weighted by Crippen LogP contribution is 2.05. The van der Waals surface area contributed by atoms with Crippen LogP contribution >= 0.6 is 12.2 Å². The standard InChI is InChI=1S/C12H12N4O2S/c1-15-6-4-9(17)16(12(15)18)7-8-3-2-5-14-10(8)11(13)19/h2-6H,7H2,1H3,(H2,13,19). The SMILES string of the molecule is Cn1ccc(=O)n(Cc2cccnc2C(N)=S)c1=O. The van der Waals surface area contributed by atoms with Crippen molar-refractivity contribution in [3.63, 3.8) is 0 Å².